The first kappa shape index (κ1) is 18.2. The maximum atomic E-state index is 11.8. The first-order valence-corrected chi connectivity index (χ1v) is 7.92. The van der Waals surface area contributed by atoms with Crippen LogP contribution in [-0.2, 0) is 11.2 Å². The third kappa shape index (κ3) is 5.76. The van der Waals surface area contributed by atoms with E-state index < -0.39 is 4.92 Å². The van der Waals surface area contributed by atoms with Gasteiger partial charge in [-0.25, -0.2) is 0 Å². The van der Waals surface area contributed by atoms with Crippen LogP contribution >= 0.6 is 0 Å². The molecule has 0 aromatic heterocycles. The Kier molecular flexibility index (Phi) is 6.71. The van der Waals surface area contributed by atoms with E-state index in [-0.39, 0.29) is 11.6 Å². The molecule has 6 nitrogen and oxygen atoms in total. The molecule has 0 unspecified atom stereocenters. The number of amides is 1. The highest BCUT2D eigenvalue weighted by Gasteiger charge is 2.04. The molecule has 0 fully saturated rings. The lowest BCUT2D eigenvalue weighted by molar-refractivity contribution is -0.384. The van der Waals surface area contributed by atoms with Gasteiger partial charge in [0.05, 0.1) is 12.0 Å². The molecule has 1 amide bonds. The van der Waals surface area contributed by atoms with Gasteiger partial charge in [0.1, 0.15) is 5.75 Å². The van der Waals surface area contributed by atoms with Gasteiger partial charge in [-0.15, -0.1) is 0 Å². The maximum absolute atomic E-state index is 11.8. The molecule has 0 aliphatic heterocycles. The molecule has 2 aromatic carbocycles. The molecule has 0 saturated heterocycles. The highest BCUT2D eigenvalue weighted by molar-refractivity contribution is 5.91. The second-order valence-electron chi connectivity index (χ2n) is 5.39. The standard InChI is InChI=1S/C19H20N2O4/c1-25-18-10-3-2-7-16(18)8-5-13-20-19(22)12-11-15-6-4-9-17(14-15)21(23)24/h2-4,6-7,9-12,14H,5,8,13H2,1H3,(H,20,22)/b12-11+. The number of hydrogen-bond acceptors (Lipinski definition) is 4. The number of nitrogens with one attached hydrogen (secondary N) is 1. The topological polar surface area (TPSA) is 81.5 Å². The lowest BCUT2D eigenvalue weighted by atomic mass is 10.1. The van der Waals surface area contributed by atoms with Crippen LogP contribution in [0.2, 0.25) is 0 Å². The number of nitro groups is 1. The van der Waals surface area contributed by atoms with Gasteiger partial charge in [-0.2, -0.15) is 0 Å². The Morgan fingerprint density at radius 1 is 1.24 bits per heavy atom. The van der Waals surface area contributed by atoms with Crippen molar-refractivity contribution in [2.45, 2.75) is 12.8 Å². The van der Waals surface area contributed by atoms with E-state index in [1.807, 2.05) is 24.3 Å². The maximum Gasteiger partial charge on any atom is 0.270 e. The Balaban J connectivity index is 1.79. The molecule has 2 rings (SSSR count). The molecule has 1 N–H and O–H groups in total. The van der Waals surface area contributed by atoms with E-state index in [0.29, 0.717) is 12.1 Å². The smallest absolute Gasteiger partial charge is 0.270 e. The summed E-state index contributed by atoms with van der Waals surface area (Å²) in [6.45, 7) is 0.538. The van der Waals surface area contributed by atoms with Gasteiger partial charge in [-0.05, 0) is 36.1 Å². The second-order valence-corrected chi connectivity index (χ2v) is 5.39. The number of aryl methyl sites for hydroxylation is 1. The van der Waals surface area contributed by atoms with Gasteiger partial charge < -0.3 is 10.1 Å². The van der Waals surface area contributed by atoms with Crippen LogP contribution in [0.1, 0.15) is 17.5 Å². The predicted octanol–water partition coefficient (Wildman–Crippen LogP) is 3.37. The number of nitro benzene ring substituents is 1. The minimum atomic E-state index is -0.463. The summed E-state index contributed by atoms with van der Waals surface area (Å²) in [6.07, 6.45) is 4.53. The lowest BCUT2D eigenvalue weighted by Gasteiger charge is -2.08. The Hall–Kier alpha value is -3.15. The third-order valence-electron chi connectivity index (χ3n) is 3.62. The zero-order valence-electron chi connectivity index (χ0n) is 14.0. The van der Waals surface area contributed by atoms with Gasteiger partial charge in [0, 0.05) is 24.8 Å². The Morgan fingerprint density at radius 3 is 2.80 bits per heavy atom. The molecular weight excluding hydrogens is 320 g/mol. The van der Waals surface area contributed by atoms with E-state index in [9.17, 15) is 14.9 Å². The predicted molar refractivity (Wildman–Crippen MR) is 96.5 cm³/mol. The van der Waals surface area contributed by atoms with Crippen LogP contribution < -0.4 is 10.1 Å². The minimum absolute atomic E-state index is 0.000587. The number of carbonyl (C=O) groups is 1. The number of carbonyl (C=O) groups excluding carboxylic acids is 1. The molecule has 25 heavy (non-hydrogen) atoms. The zero-order chi connectivity index (χ0) is 18.1. The largest absolute Gasteiger partial charge is 0.496 e. The van der Waals surface area contributed by atoms with E-state index in [2.05, 4.69) is 5.32 Å². The number of rotatable bonds is 8. The highest BCUT2D eigenvalue weighted by atomic mass is 16.6. The lowest BCUT2D eigenvalue weighted by Crippen LogP contribution is -2.22. The molecule has 0 heterocycles. The average Bonchev–Trinajstić information content (AvgIpc) is 2.64. The number of hydrogen-bond donors (Lipinski definition) is 1. The van der Waals surface area contributed by atoms with Crippen LogP contribution in [0.15, 0.2) is 54.6 Å². The van der Waals surface area contributed by atoms with Crippen molar-refractivity contribution in [3.05, 3.63) is 75.8 Å². The number of methoxy groups -OCH3 is 1. The van der Waals surface area contributed by atoms with Crippen molar-refractivity contribution < 1.29 is 14.5 Å². The van der Waals surface area contributed by atoms with Crippen LogP contribution in [-0.4, -0.2) is 24.5 Å². The van der Waals surface area contributed by atoms with Crippen molar-refractivity contribution in [3.63, 3.8) is 0 Å². The molecule has 6 heteroatoms. The van der Waals surface area contributed by atoms with Gasteiger partial charge in [-0.3, -0.25) is 14.9 Å². The fourth-order valence-electron chi connectivity index (χ4n) is 2.37. The van der Waals surface area contributed by atoms with E-state index in [1.165, 1.54) is 18.2 Å². The summed E-state index contributed by atoms with van der Waals surface area (Å²) in [5.74, 6) is 0.617. The van der Waals surface area contributed by atoms with E-state index in [0.717, 1.165) is 24.2 Å². The number of benzene rings is 2. The first-order valence-electron chi connectivity index (χ1n) is 7.92. The van der Waals surface area contributed by atoms with Crippen LogP contribution in [0.25, 0.3) is 6.08 Å². The monoisotopic (exact) mass is 340 g/mol. The molecule has 0 atom stereocenters. The number of para-hydroxylation sites is 1. The molecular formula is C19H20N2O4. The summed E-state index contributed by atoms with van der Waals surface area (Å²) in [7, 11) is 1.64. The van der Waals surface area contributed by atoms with Crippen LogP contribution in [0.4, 0.5) is 5.69 Å². The summed E-state index contributed by atoms with van der Waals surface area (Å²) in [6, 6.07) is 13.9. The SMILES string of the molecule is COc1ccccc1CCCNC(=O)/C=C/c1cccc([N+](=O)[O-])c1. The van der Waals surface area contributed by atoms with Crippen molar-refractivity contribution in [1.29, 1.82) is 0 Å². The van der Waals surface area contributed by atoms with Gasteiger partial charge in [0.15, 0.2) is 0 Å². The molecule has 130 valence electrons. The van der Waals surface area contributed by atoms with Crippen LogP contribution in [0.5, 0.6) is 5.75 Å². The molecule has 0 bridgehead atoms. The van der Waals surface area contributed by atoms with Crippen molar-refractivity contribution in [3.8, 4) is 5.75 Å². The second kappa shape index (κ2) is 9.22. The first-order chi connectivity index (χ1) is 12.1. The van der Waals surface area contributed by atoms with E-state index >= 15 is 0 Å². The normalized spacial score (nSPS) is 10.6. The molecule has 0 radical (unpaired) electrons. The molecule has 0 spiro atoms. The summed E-state index contributed by atoms with van der Waals surface area (Å²) in [5.41, 5.74) is 1.71. The molecule has 0 aliphatic carbocycles. The van der Waals surface area contributed by atoms with Crippen molar-refractivity contribution in [1.82, 2.24) is 5.32 Å². The number of nitrogens with zero attached hydrogens (tertiary/aromatic N) is 1. The summed E-state index contributed by atoms with van der Waals surface area (Å²) >= 11 is 0. The van der Waals surface area contributed by atoms with E-state index in [4.69, 9.17) is 4.74 Å². The van der Waals surface area contributed by atoms with Crippen LogP contribution in [0.3, 0.4) is 0 Å². The van der Waals surface area contributed by atoms with Gasteiger partial charge in [0.2, 0.25) is 5.91 Å². The van der Waals surface area contributed by atoms with Crippen LogP contribution in [0, 0.1) is 10.1 Å². The van der Waals surface area contributed by atoms with Crippen molar-refractivity contribution >= 4 is 17.7 Å². The fourth-order valence-corrected chi connectivity index (χ4v) is 2.37. The van der Waals surface area contributed by atoms with Crippen molar-refractivity contribution in [2.75, 3.05) is 13.7 Å². The third-order valence-corrected chi connectivity index (χ3v) is 3.62. The molecule has 2 aromatic rings. The number of ether oxygens (including phenoxy) is 1. The van der Waals surface area contributed by atoms with Gasteiger partial charge >= 0.3 is 0 Å². The quantitative estimate of drug-likeness (QED) is 0.346. The zero-order valence-corrected chi connectivity index (χ0v) is 14.0. The number of non-ortho nitro benzene ring substituents is 1. The Labute approximate surface area is 146 Å². The fraction of sp³-hybridized carbons (Fsp3) is 0.211. The molecule has 0 aliphatic rings. The Morgan fingerprint density at radius 2 is 2.04 bits per heavy atom. The summed E-state index contributed by atoms with van der Waals surface area (Å²) in [4.78, 5) is 22.1. The van der Waals surface area contributed by atoms with E-state index in [1.54, 1.807) is 25.3 Å². The van der Waals surface area contributed by atoms with Gasteiger partial charge in [-0.1, -0.05) is 30.3 Å². The average molecular weight is 340 g/mol. The minimum Gasteiger partial charge on any atom is -0.496 e. The Bertz CT molecular complexity index is 772. The summed E-state index contributed by atoms with van der Waals surface area (Å²) < 4.78 is 5.29. The highest BCUT2D eigenvalue weighted by Crippen LogP contribution is 2.18. The summed E-state index contributed by atoms with van der Waals surface area (Å²) in [5, 5.41) is 13.5. The molecule has 0 saturated carbocycles. The van der Waals surface area contributed by atoms with Crippen molar-refractivity contribution in [2.24, 2.45) is 0 Å². The van der Waals surface area contributed by atoms with Gasteiger partial charge in [0.25, 0.3) is 5.69 Å².